The molecular weight excluding hydrogens is 364 g/mol. The van der Waals surface area contributed by atoms with E-state index in [-0.39, 0.29) is 0 Å². The molecule has 0 N–H and O–H groups in total. The van der Waals surface area contributed by atoms with Crippen LogP contribution in [0.3, 0.4) is 0 Å². The lowest BCUT2D eigenvalue weighted by Gasteiger charge is -2.12. The highest BCUT2D eigenvalue weighted by atomic mass is 35.5. The van der Waals surface area contributed by atoms with Crippen molar-refractivity contribution in [1.82, 2.24) is 9.88 Å². The second kappa shape index (κ2) is 6.23. The Balaban J connectivity index is 1.62. The maximum absolute atomic E-state index is 6.47. The van der Waals surface area contributed by atoms with Crippen LogP contribution in [0.5, 0.6) is 0 Å². The van der Waals surface area contributed by atoms with Crippen LogP contribution >= 0.6 is 22.9 Å². The predicted molar refractivity (Wildman–Crippen MR) is 110 cm³/mol. The third kappa shape index (κ3) is 2.65. The fraction of sp³-hybridized carbons (Fsp3) is 0.190. The van der Waals surface area contributed by atoms with Gasteiger partial charge >= 0.3 is 0 Å². The van der Waals surface area contributed by atoms with Gasteiger partial charge in [-0.2, -0.15) is 0 Å². The average Bonchev–Trinajstić information content (AvgIpc) is 3.15. The molecule has 0 radical (unpaired) electrons. The second-order valence-electron chi connectivity index (χ2n) is 6.68. The molecule has 5 heteroatoms. The zero-order valence-electron chi connectivity index (χ0n) is 14.3. The van der Waals surface area contributed by atoms with Crippen molar-refractivity contribution >= 4 is 56.3 Å². The SMILES string of the molecule is CN1CCc2c(Cl)ccc3oc(C=Cc4nc5ccccc5s4)c(c23)C1. The van der Waals surface area contributed by atoms with E-state index < -0.39 is 0 Å². The van der Waals surface area contributed by atoms with Gasteiger partial charge in [0.15, 0.2) is 0 Å². The van der Waals surface area contributed by atoms with Gasteiger partial charge in [0.05, 0.1) is 10.2 Å². The van der Waals surface area contributed by atoms with Crippen LogP contribution < -0.4 is 0 Å². The van der Waals surface area contributed by atoms with Crippen molar-refractivity contribution in [3.8, 4) is 0 Å². The van der Waals surface area contributed by atoms with Gasteiger partial charge in [-0.15, -0.1) is 11.3 Å². The van der Waals surface area contributed by atoms with Crippen LogP contribution in [-0.4, -0.2) is 23.5 Å². The minimum Gasteiger partial charge on any atom is -0.456 e. The van der Waals surface area contributed by atoms with E-state index >= 15 is 0 Å². The zero-order valence-corrected chi connectivity index (χ0v) is 15.9. The Hall–Kier alpha value is -2.14. The molecule has 0 amide bonds. The van der Waals surface area contributed by atoms with E-state index in [1.165, 1.54) is 21.2 Å². The number of halogens is 1. The standard InChI is InChI=1S/C21H17ClN2OS/c1-24-11-10-13-15(22)6-7-18-21(13)14(12-24)17(25-18)8-9-20-23-16-4-2-3-5-19(16)26-20/h2-9H,10-12H2,1H3. The van der Waals surface area contributed by atoms with Crippen molar-refractivity contribution in [2.45, 2.75) is 13.0 Å². The fourth-order valence-corrected chi connectivity index (χ4v) is 4.74. The molecule has 0 atom stereocenters. The summed E-state index contributed by atoms with van der Waals surface area (Å²) < 4.78 is 7.37. The Morgan fingerprint density at radius 3 is 2.92 bits per heavy atom. The van der Waals surface area contributed by atoms with Gasteiger partial charge in [0.2, 0.25) is 0 Å². The predicted octanol–water partition coefficient (Wildman–Crippen LogP) is 5.85. The van der Waals surface area contributed by atoms with Crippen LogP contribution in [0.25, 0.3) is 33.3 Å². The highest BCUT2D eigenvalue weighted by Crippen LogP contribution is 2.37. The van der Waals surface area contributed by atoms with Gasteiger partial charge in [0.25, 0.3) is 0 Å². The topological polar surface area (TPSA) is 29.3 Å². The molecule has 0 aliphatic carbocycles. The third-order valence-electron chi connectivity index (χ3n) is 4.90. The van der Waals surface area contributed by atoms with Crippen molar-refractivity contribution in [2.75, 3.05) is 13.6 Å². The van der Waals surface area contributed by atoms with E-state index in [0.29, 0.717) is 0 Å². The van der Waals surface area contributed by atoms with E-state index in [4.69, 9.17) is 16.0 Å². The fourth-order valence-electron chi connectivity index (χ4n) is 3.62. The summed E-state index contributed by atoms with van der Waals surface area (Å²) in [5.74, 6) is 0.900. The smallest absolute Gasteiger partial charge is 0.135 e. The number of aromatic nitrogens is 1. The Morgan fingerprint density at radius 1 is 1.15 bits per heavy atom. The van der Waals surface area contributed by atoms with Crippen LogP contribution in [0.4, 0.5) is 0 Å². The third-order valence-corrected chi connectivity index (χ3v) is 6.25. The molecule has 5 rings (SSSR count). The molecule has 0 spiro atoms. The van der Waals surface area contributed by atoms with Gasteiger partial charge in [-0.1, -0.05) is 23.7 Å². The zero-order chi connectivity index (χ0) is 17.7. The first-order chi connectivity index (χ1) is 12.7. The van der Waals surface area contributed by atoms with Crippen LogP contribution in [0.2, 0.25) is 5.02 Å². The van der Waals surface area contributed by atoms with Crippen molar-refractivity contribution in [3.63, 3.8) is 0 Å². The number of hydrogen-bond donors (Lipinski definition) is 0. The van der Waals surface area contributed by atoms with Crippen LogP contribution in [-0.2, 0) is 13.0 Å². The normalized spacial score (nSPS) is 15.3. The Bertz CT molecular complexity index is 1120. The highest BCUT2D eigenvalue weighted by molar-refractivity contribution is 7.19. The number of rotatable bonds is 2. The van der Waals surface area contributed by atoms with E-state index in [2.05, 4.69) is 23.0 Å². The number of hydrogen-bond acceptors (Lipinski definition) is 4. The summed E-state index contributed by atoms with van der Waals surface area (Å²) in [5.41, 5.74) is 4.37. The molecule has 4 aromatic rings. The summed E-state index contributed by atoms with van der Waals surface area (Å²) in [6.07, 6.45) is 5.04. The molecule has 0 saturated heterocycles. The minimum absolute atomic E-state index is 0.830. The monoisotopic (exact) mass is 380 g/mol. The first kappa shape index (κ1) is 16.1. The summed E-state index contributed by atoms with van der Waals surface area (Å²) in [4.78, 5) is 6.99. The summed E-state index contributed by atoms with van der Waals surface area (Å²) in [7, 11) is 2.14. The first-order valence-electron chi connectivity index (χ1n) is 8.64. The van der Waals surface area contributed by atoms with Gasteiger partial charge in [0, 0.05) is 29.1 Å². The molecule has 1 aliphatic rings. The number of likely N-dealkylation sites (N-methyl/N-ethyl adjacent to an activating group) is 1. The van der Waals surface area contributed by atoms with Gasteiger partial charge in [-0.25, -0.2) is 4.98 Å². The quantitative estimate of drug-likeness (QED) is 0.436. The number of furan rings is 1. The largest absolute Gasteiger partial charge is 0.456 e. The lowest BCUT2D eigenvalue weighted by molar-refractivity contribution is 0.334. The van der Waals surface area contributed by atoms with E-state index in [1.54, 1.807) is 11.3 Å². The Morgan fingerprint density at radius 2 is 2.04 bits per heavy atom. The number of thiazole rings is 1. The van der Waals surface area contributed by atoms with Crippen LogP contribution in [0, 0.1) is 0 Å². The summed E-state index contributed by atoms with van der Waals surface area (Å²) in [5, 5.41) is 3.00. The maximum Gasteiger partial charge on any atom is 0.135 e. The van der Waals surface area contributed by atoms with Crippen LogP contribution in [0.15, 0.2) is 40.8 Å². The van der Waals surface area contributed by atoms with Crippen LogP contribution in [0.1, 0.15) is 21.9 Å². The number of fused-ring (bicyclic) bond motifs is 1. The molecule has 130 valence electrons. The Labute approximate surface area is 160 Å². The number of benzene rings is 2. The van der Waals surface area contributed by atoms with Gasteiger partial charge < -0.3 is 9.32 Å². The van der Waals surface area contributed by atoms with Crippen molar-refractivity contribution in [3.05, 3.63) is 63.3 Å². The lowest BCUT2D eigenvalue weighted by atomic mass is 10.0. The summed E-state index contributed by atoms with van der Waals surface area (Å²) in [6, 6.07) is 12.1. The molecule has 0 fully saturated rings. The van der Waals surface area contributed by atoms with Crippen molar-refractivity contribution < 1.29 is 4.42 Å². The molecule has 2 aromatic heterocycles. The Kier molecular flexibility index (Phi) is 3.85. The van der Waals surface area contributed by atoms with E-state index in [9.17, 15) is 0 Å². The average molecular weight is 381 g/mol. The minimum atomic E-state index is 0.830. The lowest BCUT2D eigenvalue weighted by Crippen LogP contribution is -2.18. The van der Waals surface area contributed by atoms with Crippen molar-refractivity contribution in [2.24, 2.45) is 0 Å². The molecule has 1 aliphatic heterocycles. The van der Waals surface area contributed by atoms with E-state index in [1.807, 2.05) is 42.5 Å². The maximum atomic E-state index is 6.47. The van der Waals surface area contributed by atoms with Crippen molar-refractivity contribution in [1.29, 1.82) is 0 Å². The second-order valence-corrected chi connectivity index (χ2v) is 8.15. The summed E-state index contributed by atoms with van der Waals surface area (Å²) in [6.45, 7) is 1.86. The molecular formula is C21H17ClN2OS. The highest BCUT2D eigenvalue weighted by Gasteiger charge is 2.22. The van der Waals surface area contributed by atoms with E-state index in [0.717, 1.165) is 46.4 Å². The van der Waals surface area contributed by atoms with Gasteiger partial charge in [-0.05, 0) is 55.4 Å². The summed E-state index contributed by atoms with van der Waals surface area (Å²) >= 11 is 8.16. The molecule has 0 bridgehead atoms. The van der Waals surface area contributed by atoms with Gasteiger partial charge in [0.1, 0.15) is 16.4 Å². The molecule has 3 heterocycles. The number of para-hydroxylation sites is 1. The molecule has 2 aromatic carbocycles. The molecule has 26 heavy (non-hydrogen) atoms. The molecule has 0 unspecified atom stereocenters. The van der Waals surface area contributed by atoms with Gasteiger partial charge in [-0.3, -0.25) is 0 Å². The molecule has 0 saturated carbocycles. The first-order valence-corrected chi connectivity index (χ1v) is 9.83. The number of nitrogens with zero attached hydrogens (tertiary/aromatic N) is 2. The molecule has 3 nitrogen and oxygen atoms in total.